The number of carbonyl (C=O) groups is 2. The minimum atomic E-state index is -0.473. The molecule has 0 unspecified atom stereocenters. The quantitative estimate of drug-likeness (QED) is 0.198. The first-order chi connectivity index (χ1) is 18.0. The fourth-order valence-electron chi connectivity index (χ4n) is 3.45. The molecule has 5 nitrogen and oxygen atoms in total. The Hall–Kier alpha value is -4.36. The summed E-state index contributed by atoms with van der Waals surface area (Å²) in [6.07, 6.45) is 1.59. The minimum Gasteiger partial charge on any atom is -0.497 e. The Morgan fingerprint density at radius 2 is 1.62 bits per heavy atom. The van der Waals surface area contributed by atoms with Gasteiger partial charge in [0.1, 0.15) is 17.3 Å². The molecule has 0 saturated heterocycles. The molecule has 2 amide bonds. The molecule has 0 saturated carbocycles. The Bertz CT molecular complexity index is 1410. The standard InChI is InChI=1S/C30H25FN2O3S/c1-36-25-12-7-8-21(18-25)19-28(33-29(34)22-9-3-2-4-10-22)30(35)32-24-14-16-26(17-15-24)37-20-23-11-5-6-13-27(23)31/h2-19H,20H2,1H3,(H,32,35)(H,33,34)/b28-19-. The highest BCUT2D eigenvalue weighted by Gasteiger charge is 2.15. The third-order valence-electron chi connectivity index (χ3n) is 5.40. The number of amides is 2. The minimum absolute atomic E-state index is 0.0834. The van der Waals surface area contributed by atoms with Gasteiger partial charge in [-0.25, -0.2) is 4.39 Å². The topological polar surface area (TPSA) is 67.4 Å². The normalized spacial score (nSPS) is 11.0. The molecule has 0 aliphatic heterocycles. The van der Waals surface area contributed by atoms with Crippen molar-refractivity contribution in [2.24, 2.45) is 0 Å². The molecule has 37 heavy (non-hydrogen) atoms. The van der Waals surface area contributed by atoms with E-state index < -0.39 is 11.8 Å². The average molecular weight is 513 g/mol. The summed E-state index contributed by atoms with van der Waals surface area (Å²) in [4.78, 5) is 26.9. The van der Waals surface area contributed by atoms with E-state index in [0.717, 1.165) is 4.90 Å². The van der Waals surface area contributed by atoms with Crippen LogP contribution in [0.5, 0.6) is 5.75 Å². The van der Waals surface area contributed by atoms with Crippen LogP contribution in [0.2, 0.25) is 0 Å². The fraction of sp³-hybridized carbons (Fsp3) is 0.0667. The van der Waals surface area contributed by atoms with Crippen molar-refractivity contribution in [3.63, 3.8) is 0 Å². The van der Waals surface area contributed by atoms with Crippen LogP contribution in [0.15, 0.2) is 114 Å². The van der Waals surface area contributed by atoms with Gasteiger partial charge in [0.2, 0.25) is 0 Å². The summed E-state index contributed by atoms with van der Waals surface area (Å²) >= 11 is 1.50. The fourth-order valence-corrected chi connectivity index (χ4v) is 4.33. The molecular weight excluding hydrogens is 487 g/mol. The van der Waals surface area contributed by atoms with Gasteiger partial charge in [-0.15, -0.1) is 11.8 Å². The second kappa shape index (κ2) is 12.6. The molecule has 0 aromatic heterocycles. The molecular formula is C30H25FN2O3S. The van der Waals surface area contributed by atoms with Crippen molar-refractivity contribution in [2.45, 2.75) is 10.6 Å². The van der Waals surface area contributed by atoms with Crippen LogP contribution in [0.1, 0.15) is 21.5 Å². The van der Waals surface area contributed by atoms with E-state index in [-0.39, 0.29) is 11.5 Å². The first-order valence-corrected chi connectivity index (χ1v) is 12.5. The van der Waals surface area contributed by atoms with Crippen molar-refractivity contribution in [1.82, 2.24) is 5.32 Å². The van der Waals surface area contributed by atoms with Gasteiger partial charge in [-0.3, -0.25) is 9.59 Å². The maximum Gasteiger partial charge on any atom is 0.272 e. The number of carbonyl (C=O) groups excluding carboxylic acids is 2. The van der Waals surface area contributed by atoms with Gasteiger partial charge in [0.15, 0.2) is 0 Å². The van der Waals surface area contributed by atoms with Crippen LogP contribution in [0.4, 0.5) is 10.1 Å². The lowest BCUT2D eigenvalue weighted by molar-refractivity contribution is -0.113. The van der Waals surface area contributed by atoms with Crippen molar-refractivity contribution in [3.8, 4) is 5.75 Å². The smallest absolute Gasteiger partial charge is 0.272 e. The number of hydrogen-bond acceptors (Lipinski definition) is 4. The monoisotopic (exact) mass is 512 g/mol. The van der Waals surface area contributed by atoms with Crippen LogP contribution >= 0.6 is 11.8 Å². The molecule has 0 aliphatic carbocycles. The molecule has 2 N–H and O–H groups in total. The highest BCUT2D eigenvalue weighted by atomic mass is 32.2. The van der Waals surface area contributed by atoms with E-state index in [1.54, 1.807) is 79.9 Å². The number of halogens is 1. The van der Waals surface area contributed by atoms with Crippen LogP contribution < -0.4 is 15.4 Å². The second-order valence-electron chi connectivity index (χ2n) is 8.01. The zero-order chi connectivity index (χ0) is 26.0. The van der Waals surface area contributed by atoms with E-state index >= 15 is 0 Å². The summed E-state index contributed by atoms with van der Waals surface area (Å²) in [5, 5.41) is 5.56. The zero-order valence-corrected chi connectivity index (χ0v) is 20.9. The highest BCUT2D eigenvalue weighted by Crippen LogP contribution is 2.25. The van der Waals surface area contributed by atoms with Gasteiger partial charge in [0.05, 0.1) is 7.11 Å². The van der Waals surface area contributed by atoms with Crippen molar-refractivity contribution in [2.75, 3.05) is 12.4 Å². The summed E-state index contributed by atoms with van der Waals surface area (Å²) < 4.78 is 19.1. The lowest BCUT2D eigenvalue weighted by Crippen LogP contribution is -2.30. The van der Waals surface area contributed by atoms with Gasteiger partial charge in [-0.2, -0.15) is 0 Å². The number of benzene rings is 4. The van der Waals surface area contributed by atoms with Crippen molar-refractivity contribution < 1.29 is 18.7 Å². The third-order valence-corrected chi connectivity index (χ3v) is 6.46. The molecule has 7 heteroatoms. The van der Waals surface area contributed by atoms with Gasteiger partial charge < -0.3 is 15.4 Å². The molecule has 4 rings (SSSR count). The Kier molecular flexibility index (Phi) is 8.73. The largest absolute Gasteiger partial charge is 0.497 e. The van der Waals surface area contributed by atoms with Crippen LogP contribution in [-0.2, 0) is 10.5 Å². The molecule has 186 valence electrons. The molecule has 0 heterocycles. The number of anilines is 1. The highest BCUT2D eigenvalue weighted by molar-refractivity contribution is 7.98. The Balaban J connectivity index is 1.49. The van der Waals surface area contributed by atoms with E-state index in [9.17, 15) is 14.0 Å². The van der Waals surface area contributed by atoms with Gasteiger partial charge in [0.25, 0.3) is 11.8 Å². The second-order valence-corrected chi connectivity index (χ2v) is 9.06. The molecule has 0 radical (unpaired) electrons. The van der Waals surface area contributed by atoms with E-state index in [2.05, 4.69) is 10.6 Å². The molecule has 0 bridgehead atoms. The number of nitrogens with one attached hydrogen (secondary N) is 2. The van der Waals surface area contributed by atoms with Crippen LogP contribution in [0.25, 0.3) is 6.08 Å². The first kappa shape index (κ1) is 25.7. The van der Waals surface area contributed by atoms with Crippen molar-refractivity contribution in [3.05, 3.63) is 131 Å². The molecule has 0 atom stereocenters. The van der Waals surface area contributed by atoms with Gasteiger partial charge in [-0.05, 0) is 71.8 Å². The lowest BCUT2D eigenvalue weighted by Gasteiger charge is -2.12. The summed E-state index contributed by atoms with van der Waals surface area (Å²) in [7, 11) is 1.56. The SMILES string of the molecule is COc1cccc(/C=C(\NC(=O)c2ccccc2)C(=O)Nc2ccc(SCc3ccccc3F)cc2)c1. The predicted molar refractivity (Wildman–Crippen MR) is 146 cm³/mol. The predicted octanol–water partition coefficient (Wildman–Crippen LogP) is 6.54. The summed E-state index contributed by atoms with van der Waals surface area (Å²) in [6.45, 7) is 0. The Labute approximate surface area is 219 Å². The third kappa shape index (κ3) is 7.32. The van der Waals surface area contributed by atoms with E-state index in [0.29, 0.717) is 33.9 Å². The van der Waals surface area contributed by atoms with Crippen molar-refractivity contribution >= 4 is 35.3 Å². The zero-order valence-electron chi connectivity index (χ0n) is 20.1. The lowest BCUT2D eigenvalue weighted by atomic mass is 10.1. The molecule has 0 fully saturated rings. The van der Waals surface area contributed by atoms with E-state index in [1.807, 2.05) is 30.3 Å². The maximum atomic E-state index is 13.9. The van der Waals surface area contributed by atoms with Gasteiger partial charge in [-0.1, -0.05) is 48.5 Å². The summed E-state index contributed by atoms with van der Waals surface area (Å²) in [5.41, 5.74) is 2.40. The molecule has 0 spiro atoms. The number of ether oxygens (including phenoxy) is 1. The van der Waals surface area contributed by atoms with Gasteiger partial charge >= 0.3 is 0 Å². The van der Waals surface area contributed by atoms with E-state index in [1.165, 1.54) is 17.8 Å². The van der Waals surface area contributed by atoms with E-state index in [4.69, 9.17) is 4.74 Å². The van der Waals surface area contributed by atoms with Crippen LogP contribution in [-0.4, -0.2) is 18.9 Å². The maximum absolute atomic E-state index is 13.9. The average Bonchev–Trinajstić information content (AvgIpc) is 2.93. The number of thioether (sulfide) groups is 1. The summed E-state index contributed by atoms with van der Waals surface area (Å²) in [6, 6.07) is 29.8. The molecule has 4 aromatic rings. The molecule has 4 aromatic carbocycles. The Morgan fingerprint density at radius 1 is 0.892 bits per heavy atom. The number of hydrogen-bond donors (Lipinski definition) is 2. The summed E-state index contributed by atoms with van der Waals surface area (Å²) in [5.74, 6) is 0.0268. The van der Waals surface area contributed by atoms with Crippen LogP contribution in [0, 0.1) is 5.82 Å². The number of rotatable bonds is 9. The Morgan fingerprint density at radius 3 is 2.35 bits per heavy atom. The first-order valence-electron chi connectivity index (χ1n) is 11.5. The van der Waals surface area contributed by atoms with Crippen molar-refractivity contribution in [1.29, 1.82) is 0 Å². The number of methoxy groups -OCH3 is 1. The van der Waals surface area contributed by atoms with Gasteiger partial charge in [0, 0.05) is 21.9 Å². The molecule has 0 aliphatic rings. The van der Waals surface area contributed by atoms with Crippen LogP contribution in [0.3, 0.4) is 0 Å².